The molecule has 0 aromatic heterocycles. The molecule has 3 N–H and O–H groups in total. The second-order valence-corrected chi connectivity index (χ2v) is 10.7. The van der Waals surface area contributed by atoms with Crippen molar-refractivity contribution in [3.8, 4) is 5.75 Å². The number of nitrogens with one attached hydrogen (secondary N) is 2. The molecule has 9 nitrogen and oxygen atoms in total. The van der Waals surface area contributed by atoms with E-state index in [2.05, 4.69) is 17.6 Å². The fourth-order valence-electron chi connectivity index (χ4n) is 5.46. The first-order chi connectivity index (χ1) is 18.7. The van der Waals surface area contributed by atoms with Crippen molar-refractivity contribution in [2.45, 2.75) is 70.1 Å². The van der Waals surface area contributed by atoms with E-state index in [1.165, 1.54) is 7.11 Å². The Morgan fingerprint density at radius 1 is 1.00 bits per heavy atom. The minimum atomic E-state index is -0.726. The van der Waals surface area contributed by atoms with E-state index in [4.69, 9.17) is 21.1 Å². The molecule has 3 amide bonds. The lowest BCUT2D eigenvalue weighted by Crippen LogP contribution is -2.43. The maximum atomic E-state index is 13.4. The van der Waals surface area contributed by atoms with Crippen LogP contribution in [0.25, 0.3) is 0 Å². The number of ether oxygens (including phenoxy) is 2. The smallest absolute Gasteiger partial charge is 0.323 e. The molecule has 0 bridgehead atoms. The number of urea groups is 1. The molecule has 1 saturated heterocycles. The van der Waals surface area contributed by atoms with Crippen LogP contribution in [-0.2, 0) is 20.7 Å². The number of rotatable bonds is 9. The molecule has 39 heavy (non-hydrogen) atoms. The number of methoxy groups -OCH3 is 1. The van der Waals surface area contributed by atoms with E-state index in [0.717, 1.165) is 31.2 Å². The van der Waals surface area contributed by atoms with E-state index in [0.29, 0.717) is 41.6 Å². The molecule has 2 aliphatic rings. The number of nitrogens with zero attached hydrogens (tertiary/aromatic N) is 1. The minimum Gasteiger partial charge on any atom is -0.495 e. The minimum absolute atomic E-state index is 0.000962. The van der Waals surface area contributed by atoms with Gasteiger partial charge in [-0.1, -0.05) is 29.8 Å². The summed E-state index contributed by atoms with van der Waals surface area (Å²) in [5, 5.41) is 15.1. The summed E-state index contributed by atoms with van der Waals surface area (Å²) in [6.07, 6.45) is 4.80. The number of amides is 3. The number of carboxylic acids is 1. The van der Waals surface area contributed by atoms with Crippen molar-refractivity contribution in [2.24, 2.45) is 5.92 Å². The number of para-hydroxylation sites is 1. The topological polar surface area (TPSA) is 117 Å². The fourth-order valence-corrected chi connectivity index (χ4v) is 5.64. The Balaban J connectivity index is 1.33. The van der Waals surface area contributed by atoms with Gasteiger partial charge in [0.2, 0.25) is 5.91 Å². The molecular formula is C29H36ClN3O6. The standard InChI is InChI=1S/C29H36ClN3O6/c1-18-7-11-21(17-39-22-12-9-20(10-13-22)28(35)36)33(18)27(34)16-19-8-14-25(26(15-19)38-2)32-29(37)31-24-6-4-3-5-23(24)30/h3-6,8,14-15,18,20-22H,7,9-13,16-17H2,1-2H3,(H,35,36)(H2,31,32,37)/t18-,20?,21-,22?/m0/s1. The molecule has 2 aromatic rings. The van der Waals surface area contributed by atoms with Crippen LogP contribution in [0, 0.1) is 5.92 Å². The van der Waals surface area contributed by atoms with Crippen LogP contribution in [0.1, 0.15) is 51.0 Å². The van der Waals surface area contributed by atoms with Crippen LogP contribution in [-0.4, -0.2) is 59.8 Å². The van der Waals surface area contributed by atoms with Crippen LogP contribution in [0.5, 0.6) is 5.75 Å². The number of halogens is 1. The first kappa shape index (κ1) is 28.7. The van der Waals surface area contributed by atoms with Crippen molar-refractivity contribution in [1.82, 2.24) is 4.90 Å². The Morgan fingerprint density at radius 3 is 2.41 bits per heavy atom. The van der Waals surface area contributed by atoms with E-state index in [-0.39, 0.29) is 36.4 Å². The van der Waals surface area contributed by atoms with E-state index < -0.39 is 12.0 Å². The third kappa shape index (κ3) is 7.42. The van der Waals surface area contributed by atoms with Crippen LogP contribution in [0.15, 0.2) is 42.5 Å². The van der Waals surface area contributed by atoms with Gasteiger partial charge < -0.3 is 30.1 Å². The molecule has 2 fully saturated rings. The van der Waals surface area contributed by atoms with Gasteiger partial charge in [0.05, 0.1) is 54.6 Å². The van der Waals surface area contributed by atoms with E-state index in [9.17, 15) is 19.5 Å². The highest BCUT2D eigenvalue weighted by molar-refractivity contribution is 6.33. The molecule has 210 valence electrons. The van der Waals surface area contributed by atoms with Gasteiger partial charge in [0, 0.05) is 6.04 Å². The summed E-state index contributed by atoms with van der Waals surface area (Å²) in [7, 11) is 1.51. The van der Waals surface area contributed by atoms with Crippen molar-refractivity contribution in [2.75, 3.05) is 24.4 Å². The summed E-state index contributed by atoms with van der Waals surface area (Å²) in [6, 6.07) is 11.9. The molecule has 1 aliphatic heterocycles. The highest BCUT2D eigenvalue weighted by Crippen LogP contribution is 2.31. The highest BCUT2D eigenvalue weighted by Gasteiger charge is 2.35. The highest BCUT2D eigenvalue weighted by atomic mass is 35.5. The third-order valence-corrected chi connectivity index (χ3v) is 7.94. The second kappa shape index (κ2) is 13.2. The summed E-state index contributed by atoms with van der Waals surface area (Å²) in [5.41, 5.74) is 1.74. The molecule has 10 heteroatoms. The van der Waals surface area contributed by atoms with Gasteiger partial charge in [0.25, 0.3) is 0 Å². The lowest BCUT2D eigenvalue weighted by atomic mass is 9.87. The first-order valence-electron chi connectivity index (χ1n) is 13.4. The molecule has 1 aliphatic carbocycles. The van der Waals surface area contributed by atoms with Crippen molar-refractivity contribution in [1.29, 1.82) is 0 Å². The SMILES string of the molecule is COc1cc(CC(=O)N2[C@H](COC3CCC(C(=O)O)CC3)CC[C@@H]2C)ccc1NC(=O)Nc1ccccc1Cl. The number of carbonyl (C=O) groups is 3. The Morgan fingerprint density at radius 2 is 1.72 bits per heavy atom. The van der Waals surface area contributed by atoms with Crippen molar-refractivity contribution >= 4 is 40.9 Å². The number of carboxylic acid groups (broad SMARTS) is 1. The Labute approximate surface area is 233 Å². The number of anilines is 2. The largest absolute Gasteiger partial charge is 0.495 e. The van der Waals surface area contributed by atoms with E-state index in [1.54, 1.807) is 42.5 Å². The molecule has 2 atom stereocenters. The van der Waals surface area contributed by atoms with Crippen LogP contribution in [0.3, 0.4) is 0 Å². The average molecular weight is 558 g/mol. The lowest BCUT2D eigenvalue weighted by Gasteiger charge is -2.32. The molecule has 4 rings (SSSR count). The monoisotopic (exact) mass is 557 g/mol. The van der Waals surface area contributed by atoms with Crippen molar-refractivity contribution < 1.29 is 29.0 Å². The fraction of sp³-hybridized carbons (Fsp3) is 0.483. The quantitative estimate of drug-likeness (QED) is 0.371. The zero-order valence-corrected chi connectivity index (χ0v) is 23.1. The normalized spacial score (nSPS) is 22.8. The summed E-state index contributed by atoms with van der Waals surface area (Å²) in [4.78, 5) is 39.0. The Hall–Kier alpha value is -3.30. The lowest BCUT2D eigenvalue weighted by molar-refractivity contribution is -0.144. The maximum Gasteiger partial charge on any atom is 0.323 e. The summed E-state index contributed by atoms with van der Waals surface area (Å²) >= 11 is 6.12. The van der Waals surface area contributed by atoms with Gasteiger partial charge in [-0.3, -0.25) is 9.59 Å². The third-order valence-electron chi connectivity index (χ3n) is 7.61. The number of aliphatic carboxylic acids is 1. The van der Waals surface area contributed by atoms with Gasteiger partial charge in [-0.05, 0) is 75.3 Å². The van der Waals surface area contributed by atoms with Crippen LogP contribution in [0.2, 0.25) is 5.02 Å². The van der Waals surface area contributed by atoms with Crippen LogP contribution < -0.4 is 15.4 Å². The van der Waals surface area contributed by atoms with Gasteiger partial charge in [-0.25, -0.2) is 4.79 Å². The molecule has 0 radical (unpaired) electrons. The number of hydrogen-bond donors (Lipinski definition) is 3. The Bertz CT molecular complexity index is 1180. The zero-order chi connectivity index (χ0) is 27.9. The first-order valence-corrected chi connectivity index (χ1v) is 13.8. The summed E-state index contributed by atoms with van der Waals surface area (Å²) in [5.74, 6) is -0.538. The summed E-state index contributed by atoms with van der Waals surface area (Å²) < 4.78 is 11.6. The van der Waals surface area contributed by atoms with Gasteiger partial charge >= 0.3 is 12.0 Å². The molecular weight excluding hydrogens is 522 g/mol. The zero-order valence-electron chi connectivity index (χ0n) is 22.3. The Kier molecular flexibility index (Phi) is 9.69. The van der Waals surface area contributed by atoms with Crippen molar-refractivity contribution in [3.05, 3.63) is 53.1 Å². The molecule has 1 heterocycles. The van der Waals surface area contributed by atoms with Gasteiger partial charge in [0.15, 0.2) is 0 Å². The molecule has 2 aromatic carbocycles. The molecule has 0 spiro atoms. The van der Waals surface area contributed by atoms with Gasteiger partial charge in [-0.2, -0.15) is 0 Å². The molecule has 1 saturated carbocycles. The van der Waals surface area contributed by atoms with Gasteiger partial charge in [0.1, 0.15) is 5.75 Å². The summed E-state index contributed by atoms with van der Waals surface area (Å²) in [6.45, 7) is 2.52. The van der Waals surface area contributed by atoms with Crippen molar-refractivity contribution in [3.63, 3.8) is 0 Å². The van der Waals surface area contributed by atoms with E-state index >= 15 is 0 Å². The second-order valence-electron chi connectivity index (χ2n) is 10.3. The average Bonchev–Trinajstić information content (AvgIpc) is 3.30. The number of carbonyl (C=O) groups excluding carboxylic acids is 2. The number of likely N-dealkylation sites (tertiary alicyclic amines) is 1. The van der Waals surface area contributed by atoms with Gasteiger partial charge in [-0.15, -0.1) is 0 Å². The van der Waals surface area contributed by atoms with Crippen LogP contribution >= 0.6 is 11.6 Å². The predicted molar refractivity (Wildman–Crippen MR) is 149 cm³/mol. The maximum absolute atomic E-state index is 13.4. The number of hydrogen-bond acceptors (Lipinski definition) is 5. The molecule has 0 unspecified atom stereocenters. The predicted octanol–water partition coefficient (Wildman–Crippen LogP) is 5.57. The number of benzene rings is 2. The van der Waals surface area contributed by atoms with E-state index in [1.807, 2.05) is 4.90 Å². The van der Waals surface area contributed by atoms with Crippen LogP contribution in [0.4, 0.5) is 16.2 Å².